The average Bonchev–Trinajstić information content (AvgIpc) is 1.56. The van der Waals surface area contributed by atoms with E-state index in [9.17, 15) is 0 Å². The monoisotopic (exact) mass is 1830 g/mol. The Bertz CT molecular complexity index is 10600. The number of hydrogen-bond acceptors (Lipinski definition) is 0. The second kappa shape index (κ2) is 33.3. The summed E-state index contributed by atoms with van der Waals surface area (Å²) in [5, 5.41) is 30.5. The molecule has 8 heterocycles. The van der Waals surface area contributed by atoms with Crippen LogP contribution < -0.4 is 0 Å². The first-order valence-electron chi connectivity index (χ1n) is 49.6. The smallest absolute Gasteiger partial charge is 0.0641 e. The van der Waals surface area contributed by atoms with Crippen molar-refractivity contribution in [2.45, 2.75) is 0 Å². The first-order valence-corrected chi connectivity index (χ1v) is 49.6. The fourth-order valence-electron chi connectivity index (χ4n) is 24.0. The highest BCUT2D eigenvalue weighted by Crippen LogP contribution is 2.50. The Morgan fingerprint density at radius 1 is 0.0972 bits per heavy atom. The topological polar surface area (TPSA) is 39.4 Å². The zero-order chi connectivity index (χ0) is 94.6. The molecule has 0 atom stereocenters. The van der Waals surface area contributed by atoms with E-state index in [1.807, 2.05) is 0 Å². The van der Waals surface area contributed by atoms with Gasteiger partial charge in [0.15, 0.2) is 0 Å². The van der Waals surface area contributed by atoms with Crippen molar-refractivity contribution in [2.24, 2.45) is 0 Å². The zero-order valence-electron chi connectivity index (χ0n) is 78.4. The van der Waals surface area contributed by atoms with E-state index in [-0.39, 0.29) is 0 Å². The predicted molar refractivity (Wildman–Crippen MR) is 611 cm³/mol. The van der Waals surface area contributed by atoms with Gasteiger partial charge >= 0.3 is 0 Å². The minimum absolute atomic E-state index is 1.18. The molecule has 0 bridgehead atoms. The Morgan fingerprint density at radius 2 is 0.306 bits per heavy atom. The van der Waals surface area contributed by atoms with E-state index in [2.05, 4.69) is 570 Å². The first-order chi connectivity index (χ1) is 71.6. The Hall–Kier alpha value is -19.3. The molecule has 0 amide bonds. The third kappa shape index (κ3) is 12.6. The molecule has 0 radical (unpaired) electrons. The second-order valence-electron chi connectivity index (χ2n) is 37.6. The molecule has 8 nitrogen and oxygen atoms in total. The van der Waals surface area contributed by atoms with Crippen LogP contribution in [0, 0.1) is 0 Å². The number of para-hydroxylation sites is 12. The number of hydrogen-bond donors (Lipinski definition) is 0. The molecule has 0 saturated carbocycles. The van der Waals surface area contributed by atoms with Crippen LogP contribution >= 0.6 is 0 Å². The standard InChI is InChI=1S/4C34H22N2/c1-2-13-24(14-3-1)35-31-18-8-6-16-26(31)28-21-29-27-17-7-9-19-32(27)36(34(29)22-33(28)35)30-20-10-12-23-11-4-5-15-25(23)30;1-2-13-24(14-3-1)35-31-19-9-7-17-28(31)33-32(35)22-21-27-26-16-6-8-18-30(26)36(34(27)33)29-20-10-12-23-11-4-5-15-25(23)29;1-2-13-24(14-3-1)35-30-18-8-6-16-26(30)27-21-22-32-33(34(27)35)28-17-7-9-19-31(28)36(32)29-20-10-12-23-11-4-5-15-25(23)29;1-2-13-24(14-3-1)35-29-18-8-6-16-26(29)33-31(35)21-22-32-34(33)27-17-7-9-19-30(27)36(32)28-20-10-12-23-11-4-5-15-25(23)28/h4*1-22H. The van der Waals surface area contributed by atoms with Crippen LogP contribution in [-0.2, 0) is 0 Å². The van der Waals surface area contributed by atoms with E-state index < -0.39 is 0 Å². The van der Waals surface area contributed by atoms with Crippen molar-refractivity contribution in [2.75, 3.05) is 0 Å². The van der Waals surface area contributed by atoms with Crippen LogP contribution in [0.5, 0.6) is 0 Å². The van der Waals surface area contributed by atoms with Gasteiger partial charge in [-0.3, -0.25) is 0 Å². The molecule has 32 aromatic rings. The summed E-state index contributed by atoms with van der Waals surface area (Å²) in [7, 11) is 0. The van der Waals surface area contributed by atoms with Crippen molar-refractivity contribution in [1.29, 1.82) is 0 Å². The molecule has 0 unspecified atom stereocenters. The van der Waals surface area contributed by atoms with E-state index in [0.29, 0.717) is 0 Å². The lowest BCUT2D eigenvalue weighted by Crippen LogP contribution is -1.96. The summed E-state index contributed by atoms with van der Waals surface area (Å²) < 4.78 is 19.4. The van der Waals surface area contributed by atoms with E-state index >= 15 is 0 Å². The predicted octanol–water partition coefficient (Wildman–Crippen LogP) is 36.1. The van der Waals surface area contributed by atoms with E-state index in [1.165, 1.54) is 263 Å². The molecule has 0 aliphatic rings. The Morgan fingerprint density at radius 3 is 0.674 bits per heavy atom. The lowest BCUT2D eigenvalue weighted by molar-refractivity contribution is 1.17. The normalized spacial score (nSPS) is 11.9. The minimum atomic E-state index is 1.18. The van der Waals surface area contributed by atoms with Crippen LogP contribution in [0.2, 0.25) is 0 Å². The van der Waals surface area contributed by atoms with Gasteiger partial charge < -0.3 is 36.5 Å². The van der Waals surface area contributed by atoms with E-state index in [4.69, 9.17) is 0 Å². The quantitative estimate of drug-likeness (QED) is 0.145. The molecular formula is C136H88N8. The lowest BCUT2D eigenvalue weighted by Gasteiger charge is -2.12. The Kier molecular flexibility index (Phi) is 18.9. The highest BCUT2D eigenvalue weighted by atomic mass is 15.1. The Labute approximate surface area is 827 Å². The van der Waals surface area contributed by atoms with Gasteiger partial charge in [0.2, 0.25) is 0 Å². The van der Waals surface area contributed by atoms with Gasteiger partial charge in [0.1, 0.15) is 0 Å². The summed E-state index contributed by atoms with van der Waals surface area (Å²) in [6.07, 6.45) is 0. The molecule has 0 fully saturated rings. The largest absolute Gasteiger partial charge is 0.309 e. The number of aromatic nitrogens is 8. The van der Waals surface area contributed by atoms with E-state index in [1.54, 1.807) is 0 Å². The molecule has 0 saturated heterocycles. The maximum absolute atomic E-state index is 2.48. The van der Waals surface area contributed by atoms with Gasteiger partial charge in [-0.05, 0) is 179 Å². The molecule has 8 heteroatoms. The number of benzene rings is 24. The van der Waals surface area contributed by atoms with Gasteiger partial charge in [-0.15, -0.1) is 0 Å². The number of nitrogens with zero attached hydrogens (tertiary/aromatic N) is 8. The van der Waals surface area contributed by atoms with Crippen molar-refractivity contribution in [1.82, 2.24) is 36.5 Å². The molecule has 24 aromatic carbocycles. The van der Waals surface area contributed by atoms with E-state index in [0.717, 1.165) is 0 Å². The van der Waals surface area contributed by atoms with Gasteiger partial charge in [0, 0.05) is 130 Å². The third-order valence-electron chi connectivity index (χ3n) is 30.0. The minimum Gasteiger partial charge on any atom is -0.309 e. The molecule has 0 spiro atoms. The first kappa shape index (κ1) is 81.9. The zero-order valence-corrected chi connectivity index (χ0v) is 78.4. The fourth-order valence-corrected chi connectivity index (χ4v) is 24.0. The Balaban J connectivity index is 0.0000000913. The molecule has 0 aliphatic heterocycles. The average molecular weight is 1830 g/mol. The maximum Gasteiger partial charge on any atom is 0.0641 e. The summed E-state index contributed by atoms with van der Waals surface area (Å²) in [5.41, 5.74) is 29.3. The van der Waals surface area contributed by atoms with Crippen molar-refractivity contribution < 1.29 is 0 Å². The SMILES string of the molecule is c1ccc(-n2c3ccccc3c3c2ccc2c4ccccc4n(-c4cccc5ccccc45)c23)cc1.c1ccc(-n2c3ccccc3c3c4c5ccccc5n(-c5cccc6ccccc56)c4ccc32)cc1.c1ccc(-n2c3ccccc3c3cc4c5ccccc5n(-c5cccc6ccccc56)c4cc32)cc1.c1ccc(-n2c3ccccc3c3ccc4c(c5ccccc5n4-c4cccc5ccccc45)c32)cc1. The lowest BCUT2D eigenvalue weighted by atomic mass is 10.1. The van der Waals surface area contributed by atoms with Crippen LogP contribution in [0.3, 0.4) is 0 Å². The summed E-state index contributed by atoms with van der Waals surface area (Å²) in [6.45, 7) is 0. The van der Waals surface area contributed by atoms with Gasteiger partial charge in [-0.25, -0.2) is 0 Å². The van der Waals surface area contributed by atoms with Crippen LogP contribution in [0.1, 0.15) is 0 Å². The van der Waals surface area contributed by atoms with Crippen LogP contribution in [-0.4, -0.2) is 36.5 Å². The molecule has 672 valence electrons. The second-order valence-corrected chi connectivity index (χ2v) is 37.6. The van der Waals surface area contributed by atoms with Gasteiger partial charge in [0.05, 0.1) is 111 Å². The summed E-state index contributed by atoms with van der Waals surface area (Å²) in [5.74, 6) is 0. The van der Waals surface area contributed by atoms with Crippen LogP contribution in [0.4, 0.5) is 0 Å². The number of fused-ring (bicyclic) bond motifs is 31. The third-order valence-corrected chi connectivity index (χ3v) is 30.0. The molecule has 0 N–H and O–H groups in total. The summed E-state index contributed by atoms with van der Waals surface area (Å²) in [4.78, 5) is 0. The van der Waals surface area contributed by atoms with Gasteiger partial charge in [-0.2, -0.15) is 0 Å². The summed E-state index contributed by atoms with van der Waals surface area (Å²) in [6, 6.07) is 193. The van der Waals surface area contributed by atoms with Gasteiger partial charge in [0.25, 0.3) is 0 Å². The van der Waals surface area contributed by atoms with Crippen molar-refractivity contribution >= 4 is 218 Å². The fraction of sp³-hybridized carbons (Fsp3) is 0. The van der Waals surface area contributed by atoms with Crippen molar-refractivity contribution in [3.63, 3.8) is 0 Å². The molecule has 144 heavy (non-hydrogen) atoms. The summed E-state index contributed by atoms with van der Waals surface area (Å²) >= 11 is 0. The van der Waals surface area contributed by atoms with Crippen molar-refractivity contribution in [3.05, 3.63) is 534 Å². The maximum atomic E-state index is 2.48. The van der Waals surface area contributed by atoms with Crippen LogP contribution in [0.25, 0.3) is 263 Å². The molecule has 32 rings (SSSR count). The highest BCUT2D eigenvalue weighted by Gasteiger charge is 2.28. The van der Waals surface area contributed by atoms with Gasteiger partial charge in [-0.1, -0.05) is 376 Å². The van der Waals surface area contributed by atoms with Crippen molar-refractivity contribution in [3.8, 4) is 45.5 Å². The number of rotatable bonds is 8. The highest BCUT2D eigenvalue weighted by molar-refractivity contribution is 6.32. The molecule has 8 aromatic heterocycles. The molecule has 0 aliphatic carbocycles. The van der Waals surface area contributed by atoms with Crippen LogP contribution in [0.15, 0.2) is 534 Å². The molecular weight excluding hydrogens is 1750 g/mol.